The van der Waals surface area contributed by atoms with Gasteiger partial charge in [-0.05, 0) is 25.1 Å². The van der Waals surface area contributed by atoms with Gasteiger partial charge in [0.15, 0.2) is 0 Å². The summed E-state index contributed by atoms with van der Waals surface area (Å²) in [5.41, 5.74) is 2.51. The van der Waals surface area contributed by atoms with E-state index in [0.29, 0.717) is 5.82 Å². The monoisotopic (exact) mass is 341 g/mol. The third-order valence-corrected chi connectivity index (χ3v) is 3.63. The number of hydrogen-bond acceptors (Lipinski definition) is 6. The Bertz CT molecular complexity index is 891. The van der Waals surface area contributed by atoms with Gasteiger partial charge in [-0.1, -0.05) is 35.0 Å². The highest BCUT2D eigenvalue weighted by molar-refractivity contribution is 5.89. The molecule has 128 valence electrons. The number of carbonyl (C=O) groups excluding carboxylic acids is 1. The first-order valence-electron chi connectivity index (χ1n) is 7.58. The molecular weight excluding hydrogens is 325 g/mol. The van der Waals surface area contributed by atoms with Crippen molar-refractivity contribution in [3.05, 3.63) is 65.0 Å². The summed E-state index contributed by atoms with van der Waals surface area (Å²) in [6.07, 6.45) is 0. The molecule has 0 saturated heterocycles. The number of halogens is 1. The van der Waals surface area contributed by atoms with E-state index < -0.39 is 11.8 Å². The van der Waals surface area contributed by atoms with Crippen molar-refractivity contribution in [1.82, 2.24) is 10.1 Å². The lowest BCUT2D eigenvalue weighted by Gasteiger charge is -2.06. The van der Waals surface area contributed by atoms with Crippen LogP contribution in [0.3, 0.4) is 0 Å². The highest BCUT2D eigenvalue weighted by Crippen LogP contribution is 2.19. The van der Waals surface area contributed by atoms with Crippen molar-refractivity contribution in [3.63, 3.8) is 0 Å². The van der Waals surface area contributed by atoms with Gasteiger partial charge in [0.05, 0.1) is 12.7 Å². The van der Waals surface area contributed by atoms with Gasteiger partial charge >= 0.3 is 12.0 Å². The zero-order valence-corrected chi connectivity index (χ0v) is 13.7. The molecule has 0 saturated carbocycles. The second-order valence-electron chi connectivity index (χ2n) is 5.44. The minimum Gasteiger partial charge on any atom is -0.465 e. The number of nitrogens with one attached hydrogen (secondary N) is 1. The lowest BCUT2D eigenvalue weighted by Crippen LogP contribution is -2.06. The van der Waals surface area contributed by atoms with Crippen LogP contribution in [0.25, 0.3) is 11.4 Å². The van der Waals surface area contributed by atoms with E-state index in [0.717, 1.165) is 11.1 Å². The molecule has 0 bridgehead atoms. The molecule has 1 N–H and O–H groups in total. The Morgan fingerprint density at radius 2 is 2.00 bits per heavy atom. The Balaban J connectivity index is 1.72. The number of ether oxygens (including phenoxy) is 1. The van der Waals surface area contributed by atoms with Crippen LogP contribution in [-0.4, -0.2) is 23.2 Å². The number of nitrogens with zero attached hydrogens (tertiary/aromatic N) is 2. The summed E-state index contributed by atoms with van der Waals surface area (Å²) in [5.74, 6) is -0.537. The molecule has 3 rings (SSSR count). The summed E-state index contributed by atoms with van der Waals surface area (Å²) in [4.78, 5) is 15.8. The summed E-state index contributed by atoms with van der Waals surface area (Å²) in [6, 6.07) is 11.9. The fourth-order valence-electron chi connectivity index (χ4n) is 2.24. The van der Waals surface area contributed by atoms with Crippen molar-refractivity contribution in [1.29, 1.82) is 0 Å². The third kappa shape index (κ3) is 3.82. The van der Waals surface area contributed by atoms with Gasteiger partial charge in [-0.2, -0.15) is 4.98 Å². The maximum absolute atomic E-state index is 13.9. The molecule has 0 amide bonds. The average molecular weight is 341 g/mol. The number of benzene rings is 2. The lowest BCUT2D eigenvalue weighted by molar-refractivity contribution is 0.0600. The highest BCUT2D eigenvalue weighted by Gasteiger charge is 2.12. The molecule has 0 aliphatic heterocycles. The van der Waals surface area contributed by atoms with Crippen LogP contribution in [0.2, 0.25) is 0 Å². The van der Waals surface area contributed by atoms with E-state index in [4.69, 9.17) is 4.52 Å². The molecule has 1 heterocycles. The van der Waals surface area contributed by atoms with Crippen LogP contribution in [0.5, 0.6) is 0 Å². The third-order valence-electron chi connectivity index (χ3n) is 3.63. The van der Waals surface area contributed by atoms with Gasteiger partial charge in [0.25, 0.3) is 0 Å². The summed E-state index contributed by atoms with van der Waals surface area (Å²) < 4.78 is 23.6. The molecule has 0 aliphatic rings. The minimum absolute atomic E-state index is 0.0895. The number of esters is 1. The quantitative estimate of drug-likeness (QED) is 0.715. The van der Waals surface area contributed by atoms with E-state index in [1.807, 2.05) is 31.2 Å². The summed E-state index contributed by atoms with van der Waals surface area (Å²) in [7, 11) is 1.27. The highest BCUT2D eigenvalue weighted by atomic mass is 19.1. The number of aromatic nitrogens is 2. The second-order valence-corrected chi connectivity index (χ2v) is 5.44. The van der Waals surface area contributed by atoms with Crippen LogP contribution in [0, 0.1) is 12.7 Å². The number of anilines is 1. The SMILES string of the molecule is COC(=O)c1ccc(F)c(CNc2nc(-c3ccc(C)cc3)no2)c1. The molecule has 0 spiro atoms. The van der Waals surface area contributed by atoms with Gasteiger partial charge in [0, 0.05) is 17.7 Å². The Morgan fingerprint density at radius 3 is 2.72 bits per heavy atom. The molecule has 0 unspecified atom stereocenters. The maximum Gasteiger partial charge on any atom is 0.337 e. The molecular formula is C18H16FN3O3. The predicted molar refractivity (Wildman–Crippen MR) is 89.5 cm³/mol. The molecule has 0 aliphatic carbocycles. The van der Waals surface area contributed by atoms with Crippen molar-refractivity contribution in [2.24, 2.45) is 0 Å². The zero-order valence-electron chi connectivity index (χ0n) is 13.7. The van der Waals surface area contributed by atoms with Gasteiger partial charge in [0.2, 0.25) is 5.82 Å². The molecule has 3 aromatic rings. The number of rotatable bonds is 5. The van der Waals surface area contributed by atoms with Crippen LogP contribution in [0.1, 0.15) is 21.5 Å². The summed E-state index contributed by atoms with van der Waals surface area (Å²) >= 11 is 0. The number of carbonyl (C=O) groups is 1. The maximum atomic E-state index is 13.9. The van der Waals surface area contributed by atoms with Crippen molar-refractivity contribution in [2.45, 2.75) is 13.5 Å². The fraction of sp³-hybridized carbons (Fsp3) is 0.167. The second kappa shape index (κ2) is 7.12. The van der Waals surface area contributed by atoms with Gasteiger partial charge < -0.3 is 14.6 Å². The van der Waals surface area contributed by atoms with Crippen LogP contribution in [0.4, 0.5) is 10.4 Å². The van der Waals surface area contributed by atoms with Crippen LogP contribution in [0.15, 0.2) is 47.0 Å². The average Bonchev–Trinajstić information content (AvgIpc) is 3.10. The van der Waals surface area contributed by atoms with Crippen LogP contribution >= 0.6 is 0 Å². The number of aryl methyl sites for hydroxylation is 1. The predicted octanol–water partition coefficient (Wildman–Crippen LogP) is 3.58. The van der Waals surface area contributed by atoms with Crippen molar-refractivity contribution < 1.29 is 18.4 Å². The lowest BCUT2D eigenvalue weighted by atomic mass is 10.1. The Labute approximate surface area is 143 Å². The molecule has 7 heteroatoms. The molecule has 25 heavy (non-hydrogen) atoms. The normalized spacial score (nSPS) is 10.5. The molecule has 6 nitrogen and oxygen atoms in total. The van der Waals surface area contributed by atoms with Crippen LogP contribution < -0.4 is 5.32 Å². The largest absolute Gasteiger partial charge is 0.465 e. The van der Waals surface area contributed by atoms with E-state index in [2.05, 4.69) is 20.2 Å². The molecule has 1 aromatic heterocycles. The van der Waals surface area contributed by atoms with Crippen molar-refractivity contribution >= 4 is 12.0 Å². The zero-order chi connectivity index (χ0) is 17.8. The summed E-state index contributed by atoms with van der Waals surface area (Å²) in [6.45, 7) is 2.08. The first-order chi connectivity index (χ1) is 12.1. The topological polar surface area (TPSA) is 77.2 Å². The molecule has 0 atom stereocenters. The fourth-order valence-corrected chi connectivity index (χ4v) is 2.24. The molecule has 0 fully saturated rings. The van der Waals surface area contributed by atoms with Gasteiger partial charge in [-0.25, -0.2) is 9.18 Å². The smallest absolute Gasteiger partial charge is 0.337 e. The number of hydrogen-bond donors (Lipinski definition) is 1. The van der Waals surface area contributed by atoms with Gasteiger partial charge in [-0.3, -0.25) is 0 Å². The Kier molecular flexibility index (Phi) is 4.74. The van der Waals surface area contributed by atoms with Gasteiger partial charge in [-0.15, -0.1) is 0 Å². The van der Waals surface area contributed by atoms with Crippen LogP contribution in [-0.2, 0) is 11.3 Å². The van der Waals surface area contributed by atoms with Crippen molar-refractivity contribution in [3.8, 4) is 11.4 Å². The van der Waals surface area contributed by atoms with Crippen molar-refractivity contribution in [2.75, 3.05) is 12.4 Å². The summed E-state index contributed by atoms with van der Waals surface area (Å²) in [5, 5.41) is 6.75. The van der Waals surface area contributed by atoms with E-state index in [9.17, 15) is 9.18 Å². The van der Waals surface area contributed by atoms with E-state index in [1.54, 1.807) is 0 Å². The molecule has 2 aromatic carbocycles. The van der Waals surface area contributed by atoms with E-state index in [-0.39, 0.29) is 23.7 Å². The minimum atomic E-state index is -0.527. The van der Waals surface area contributed by atoms with E-state index in [1.165, 1.54) is 25.3 Å². The first-order valence-corrected chi connectivity index (χ1v) is 7.58. The number of methoxy groups -OCH3 is 1. The Morgan fingerprint density at radius 1 is 1.24 bits per heavy atom. The molecule has 0 radical (unpaired) electrons. The standard InChI is InChI=1S/C18H16FN3O3/c1-11-3-5-12(6-4-11)16-21-18(25-22-16)20-10-14-9-13(17(23)24-2)7-8-15(14)19/h3-9H,10H2,1-2H3,(H,20,21,22). The first kappa shape index (κ1) is 16.6. The van der Waals surface area contributed by atoms with Gasteiger partial charge in [0.1, 0.15) is 5.82 Å². The Hall–Kier alpha value is -3.22. The van der Waals surface area contributed by atoms with E-state index >= 15 is 0 Å².